The number of amides is 1. The van der Waals surface area contributed by atoms with Crippen molar-refractivity contribution in [3.05, 3.63) is 23.8 Å². The summed E-state index contributed by atoms with van der Waals surface area (Å²) in [6, 6.07) is 4.10. The van der Waals surface area contributed by atoms with E-state index in [1.54, 1.807) is 0 Å². The van der Waals surface area contributed by atoms with Crippen LogP contribution in [0.2, 0.25) is 0 Å². The summed E-state index contributed by atoms with van der Waals surface area (Å²) in [6.07, 6.45) is 0.780. The highest BCUT2D eigenvalue weighted by Gasteiger charge is 2.19. The average Bonchev–Trinajstić information content (AvgIpc) is 2.36. The SMILES string of the molecule is CCC(C)NC(=O)c1ccc(OC)c(S(=O)(=O)Cl)c1. The number of carbonyl (C=O) groups excluding carboxylic acids is 1. The Hall–Kier alpha value is -1.27. The lowest BCUT2D eigenvalue weighted by molar-refractivity contribution is 0.0939. The Balaban J connectivity index is 3.16. The zero-order chi connectivity index (χ0) is 14.6. The van der Waals surface area contributed by atoms with E-state index in [0.29, 0.717) is 0 Å². The van der Waals surface area contributed by atoms with Crippen molar-refractivity contribution in [2.75, 3.05) is 7.11 Å². The molecule has 0 aromatic heterocycles. The summed E-state index contributed by atoms with van der Waals surface area (Å²) in [4.78, 5) is 11.7. The molecule has 0 radical (unpaired) electrons. The highest BCUT2D eigenvalue weighted by atomic mass is 35.7. The molecule has 1 unspecified atom stereocenters. The second-order valence-corrected chi connectivity index (χ2v) is 6.62. The van der Waals surface area contributed by atoms with Gasteiger partial charge in [0.15, 0.2) is 0 Å². The molecule has 0 bridgehead atoms. The van der Waals surface area contributed by atoms with Crippen LogP contribution in [0.3, 0.4) is 0 Å². The molecule has 0 fully saturated rings. The molecule has 19 heavy (non-hydrogen) atoms. The summed E-state index contributed by atoms with van der Waals surface area (Å²) in [5, 5.41) is 2.74. The molecular weight excluding hydrogens is 290 g/mol. The fourth-order valence-corrected chi connectivity index (χ4v) is 2.44. The molecule has 1 rings (SSSR count). The summed E-state index contributed by atoms with van der Waals surface area (Å²) in [5.74, 6) is -0.242. The van der Waals surface area contributed by atoms with Crippen LogP contribution < -0.4 is 10.1 Å². The number of methoxy groups -OCH3 is 1. The molecule has 5 nitrogen and oxygen atoms in total. The number of benzene rings is 1. The molecule has 7 heteroatoms. The van der Waals surface area contributed by atoms with Crippen molar-refractivity contribution in [3.8, 4) is 5.75 Å². The lowest BCUT2D eigenvalue weighted by Gasteiger charge is -2.12. The van der Waals surface area contributed by atoms with E-state index in [0.717, 1.165) is 6.42 Å². The lowest BCUT2D eigenvalue weighted by Crippen LogP contribution is -2.31. The number of carbonyl (C=O) groups is 1. The zero-order valence-corrected chi connectivity index (χ0v) is 12.5. The quantitative estimate of drug-likeness (QED) is 0.846. The van der Waals surface area contributed by atoms with Gasteiger partial charge in [0, 0.05) is 22.3 Å². The van der Waals surface area contributed by atoms with Crippen LogP contribution in [0, 0.1) is 0 Å². The molecule has 1 N–H and O–H groups in total. The van der Waals surface area contributed by atoms with Gasteiger partial charge in [0.25, 0.3) is 15.0 Å². The van der Waals surface area contributed by atoms with Gasteiger partial charge in [-0.05, 0) is 31.5 Å². The van der Waals surface area contributed by atoms with Gasteiger partial charge in [0.05, 0.1) is 7.11 Å². The Bertz CT molecular complexity index is 571. The third-order valence-electron chi connectivity index (χ3n) is 2.68. The van der Waals surface area contributed by atoms with Gasteiger partial charge in [0.2, 0.25) is 0 Å². The van der Waals surface area contributed by atoms with Crippen molar-refractivity contribution in [1.29, 1.82) is 0 Å². The highest BCUT2D eigenvalue weighted by Crippen LogP contribution is 2.27. The minimum Gasteiger partial charge on any atom is -0.495 e. The summed E-state index contributed by atoms with van der Waals surface area (Å²) in [5.41, 5.74) is 0.223. The molecule has 0 aliphatic carbocycles. The van der Waals surface area contributed by atoms with Crippen molar-refractivity contribution in [2.45, 2.75) is 31.2 Å². The van der Waals surface area contributed by atoms with Crippen LogP contribution in [-0.2, 0) is 9.05 Å². The highest BCUT2D eigenvalue weighted by molar-refractivity contribution is 8.13. The van der Waals surface area contributed by atoms with Gasteiger partial charge in [-0.3, -0.25) is 4.79 Å². The average molecular weight is 306 g/mol. The fraction of sp³-hybridized carbons (Fsp3) is 0.417. The van der Waals surface area contributed by atoms with Gasteiger partial charge >= 0.3 is 0 Å². The second kappa shape index (κ2) is 6.25. The van der Waals surface area contributed by atoms with Crippen molar-refractivity contribution in [1.82, 2.24) is 5.32 Å². The normalized spacial score (nSPS) is 12.8. The van der Waals surface area contributed by atoms with Crippen LogP contribution in [0.1, 0.15) is 30.6 Å². The number of rotatable bonds is 5. The summed E-state index contributed by atoms with van der Waals surface area (Å²) < 4.78 is 27.8. The first kappa shape index (κ1) is 15.8. The van der Waals surface area contributed by atoms with Crippen LogP contribution >= 0.6 is 10.7 Å². The molecule has 0 aliphatic rings. The molecule has 0 spiro atoms. The summed E-state index contributed by atoms with van der Waals surface area (Å²) >= 11 is 0. The molecule has 1 aromatic rings. The van der Waals surface area contributed by atoms with Crippen molar-refractivity contribution in [3.63, 3.8) is 0 Å². The predicted octanol–water partition coefficient (Wildman–Crippen LogP) is 2.15. The van der Waals surface area contributed by atoms with E-state index in [1.165, 1.54) is 25.3 Å². The van der Waals surface area contributed by atoms with Crippen LogP contribution in [-0.4, -0.2) is 27.5 Å². The monoisotopic (exact) mass is 305 g/mol. The predicted molar refractivity (Wildman–Crippen MR) is 73.3 cm³/mol. The lowest BCUT2D eigenvalue weighted by atomic mass is 10.2. The molecule has 0 saturated heterocycles. The van der Waals surface area contributed by atoms with Crippen LogP contribution in [0.5, 0.6) is 5.75 Å². The number of hydrogen-bond acceptors (Lipinski definition) is 4. The Morgan fingerprint density at radius 3 is 2.58 bits per heavy atom. The summed E-state index contributed by atoms with van der Waals surface area (Å²) in [7, 11) is 2.68. The van der Waals surface area contributed by atoms with Gasteiger partial charge in [0.1, 0.15) is 10.6 Å². The first-order chi connectivity index (χ1) is 8.79. The van der Waals surface area contributed by atoms with E-state index in [2.05, 4.69) is 5.32 Å². The number of nitrogens with one attached hydrogen (secondary N) is 1. The smallest absolute Gasteiger partial charge is 0.265 e. The number of halogens is 1. The number of ether oxygens (including phenoxy) is 1. The molecule has 0 saturated carbocycles. The molecule has 1 atom stereocenters. The van der Waals surface area contributed by atoms with E-state index in [1.807, 2.05) is 13.8 Å². The molecule has 106 valence electrons. The first-order valence-electron chi connectivity index (χ1n) is 5.73. The largest absolute Gasteiger partial charge is 0.495 e. The topological polar surface area (TPSA) is 72.5 Å². The molecule has 1 amide bonds. The maximum Gasteiger partial charge on any atom is 0.265 e. The standard InChI is InChI=1S/C12H16ClNO4S/c1-4-8(2)14-12(15)9-5-6-10(18-3)11(7-9)19(13,16)17/h5-8H,4H2,1-3H3,(H,14,15). The maximum absolute atomic E-state index is 11.9. The minimum atomic E-state index is -3.97. The van der Waals surface area contributed by atoms with Crippen LogP contribution in [0.4, 0.5) is 0 Å². The van der Waals surface area contributed by atoms with Gasteiger partial charge in [-0.25, -0.2) is 8.42 Å². The van der Waals surface area contributed by atoms with Crippen molar-refractivity contribution >= 4 is 25.6 Å². The van der Waals surface area contributed by atoms with E-state index < -0.39 is 9.05 Å². The molecule has 0 aliphatic heterocycles. The van der Waals surface area contributed by atoms with Gasteiger partial charge in [-0.1, -0.05) is 6.92 Å². The first-order valence-corrected chi connectivity index (χ1v) is 8.04. The second-order valence-electron chi connectivity index (χ2n) is 4.09. The molecular formula is C12H16ClNO4S. The third kappa shape index (κ3) is 4.11. The van der Waals surface area contributed by atoms with Gasteiger partial charge < -0.3 is 10.1 Å². The maximum atomic E-state index is 11.9. The van der Waals surface area contributed by atoms with Gasteiger partial charge in [-0.15, -0.1) is 0 Å². The Morgan fingerprint density at radius 1 is 1.47 bits per heavy atom. The van der Waals surface area contributed by atoms with E-state index in [9.17, 15) is 13.2 Å². The Kier molecular flexibility index (Phi) is 5.20. The summed E-state index contributed by atoms with van der Waals surface area (Å²) in [6.45, 7) is 3.80. The zero-order valence-electron chi connectivity index (χ0n) is 10.9. The number of hydrogen-bond donors (Lipinski definition) is 1. The Labute approximate surface area is 117 Å². The van der Waals surface area contributed by atoms with E-state index >= 15 is 0 Å². The van der Waals surface area contributed by atoms with Crippen LogP contribution in [0.25, 0.3) is 0 Å². The Morgan fingerprint density at radius 2 is 2.11 bits per heavy atom. The van der Waals surface area contributed by atoms with E-state index in [-0.39, 0.29) is 28.2 Å². The molecule has 0 heterocycles. The fourth-order valence-electron chi connectivity index (χ4n) is 1.42. The van der Waals surface area contributed by atoms with E-state index in [4.69, 9.17) is 15.4 Å². The van der Waals surface area contributed by atoms with Crippen molar-refractivity contribution < 1.29 is 17.9 Å². The van der Waals surface area contributed by atoms with Crippen molar-refractivity contribution in [2.24, 2.45) is 0 Å². The minimum absolute atomic E-state index is 0.00524. The third-order valence-corrected chi connectivity index (χ3v) is 4.02. The van der Waals surface area contributed by atoms with Crippen LogP contribution in [0.15, 0.2) is 23.1 Å². The van der Waals surface area contributed by atoms with Gasteiger partial charge in [-0.2, -0.15) is 0 Å². The molecule has 1 aromatic carbocycles.